The van der Waals surface area contributed by atoms with Crippen molar-refractivity contribution in [3.63, 3.8) is 0 Å². The SMILES string of the molecule is CC/C=C/C=C/C=C\CCCCCCCC(=O)OC(C/C=C\C/C=C\C/C=C\C/C=C\CCCCC)CC(=O)NC(CO)C(O)CCCCCCCCCCCCCCCCC. The number of aliphatic hydroxyl groups excluding tert-OH is 2. The quantitative estimate of drug-likeness (QED) is 0.0245. The van der Waals surface area contributed by atoms with Crippen LogP contribution in [0.15, 0.2) is 85.1 Å². The Labute approximate surface area is 383 Å². The van der Waals surface area contributed by atoms with Crippen LogP contribution in [0.2, 0.25) is 0 Å². The Hall–Kier alpha value is -2.96. The molecule has 62 heavy (non-hydrogen) atoms. The molecular formula is C56H97NO5. The lowest BCUT2D eigenvalue weighted by atomic mass is 10.0. The largest absolute Gasteiger partial charge is 0.461 e. The normalized spacial score (nSPS) is 14.0. The van der Waals surface area contributed by atoms with Gasteiger partial charge in [0.15, 0.2) is 0 Å². The maximum Gasteiger partial charge on any atom is 0.306 e. The third-order valence-electron chi connectivity index (χ3n) is 11.3. The highest BCUT2D eigenvalue weighted by atomic mass is 16.5. The minimum atomic E-state index is -0.818. The van der Waals surface area contributed by atoms with Crippen LogP contribution in [0.25, 0.3) is 0 Å². The average molecular weight is 864 g/mol. The minimum absolute atomic E-state index is 0.0104. The van der Waals surface area contributed by atoms with Gasteiger partial charge in [0.2, 0.25) is 5.91 Å². The highest BCUT2D eigenvalue weighted by Crippen LogP contribution is 2.16. The Balaban J connectivity index is 4.73. The molecule has 0 aromatic rings. The van der Waals surface area contributed by atoms with Crippen LogP contribution in [0.3, 0.4) is 0 Å². The summed E-state index contributed by atoms with van der Waals surface area (Å²) in [6, 6.07) is -0.739. The number of nitrogens with one attached hydrogen (secondary N) is 1. The van der Waals surface area contributed by atoms with E-state index in [2.05, 4.69) is 99.0 Å². The van der Waals surface area contributed by atoms with E-state index >= 15 is 0 Å². The van der Waals surface area contributed by atoms with Crippen molar-refractivity contribution in [3.05, 3.63) is 85.1 Å². The van der Waals surface area contributed by atoms with Gasteiger partial charge in [-0.15, -0.1) is 0 Å². The summed E-state index contributed by atoms with van der Waals surface area (Å²) < 4.78 is 5.85. The van der Waals surface area contributed by atoms with Crippen LogP contribution >= 0.6 is 0 Å². The fourth-order valence-electron chi connectivity index (χ4n) is 7.35. The van der Waals surface area contributed by atoms with Gasteiger partial charge >= 0.3 is 5.97 Å². The van der Waals surface area contributed by atoms with Crippen LogP contribution in [0, 0.1) is 0 Å². The van der Waals surface area contributed by atoms with E-state index in [-0.39, 0.29) is 24.9 Å². The zero-order chi connectivity index (χ0) is 45.2. The first-order chi connectivity index (χ1) is 30.5. The molecule has 0 saturated heterocycles. The van der Waals surface area contributed by atoms with E-state index < -0.39 is 18.2 Å². The van der Waals surface area contributed by atoms with E-state index in [0.29, 0.717) is 19.3 Å². The smallest absolute Gasteiger partial charge is 0.306 e. The number of ether oxygens (including phenoxy) is 1. The van der Waals surface area contributed by atoms with Crippen molar-refractivity contribution in [2.75, 3.05) is 6.61 Å². The average Bonchev–Trinajstić information content (AvgIpc) is 3.26. The van der Waals surface area contributed by atoms with Crippen molar-refractivity contribution in [3.8, 4) is 0 Å². The molecule has 0 aromatic carbocycles. The summed E-state index contributed by atoms with van der Waals surface area (Å²) >= 11 is 0. The fourth-order valence-corrected chi connectivity index (χ4v) is 7.35. The first kappa shape index (κ1) is 59.0. The molecule has 0 spiro atoms. The molecule has 0 aliphatic heterocycles. The molecule has 0 aliphatic rings. The highest BCUT2D eigenvalue weighted by molar-refractivity contribution is 5.77. The van der Waals surface area contributed by atoms with Crippen LogP contribution in [-0.4, -0.2) is 46.9 Å². The number of hydrogen-bond donors (Lipinski definition) is 3. The number of carbonyl (C=O) groups excluding carboxylic acids is 2. The summed E-state index contributed by atoms with van der Waals surface area (Å²) in [5.41, 5.74) is 0. The van der Waals surface area contributed by atoms with Crippen LogP contribution in [0.5, 0.6) is 0 Å². The monoisotopic (exact) mass is 864 g/mol. The summed E-state index contributed by atoms with van der Waals surface area (Å²) in [6.45, 7) is 6.29. The number of hydrogen-bond acceptors (Lipinski definition) is 5. The molecule has 0 rings (SSSR count). The molecule has 3 N–H and O–H groups in total. The van der Waals surface area contributed by atoms with Gasteiger partial charge in [0.25, 0.3) is 0 Å². The predicted molar refractivity (Wildman–Crippen MR) is 268 cm³/mol. The van der Waals surface area contributed by atoms with Crippen LogP contribution in [0.1, 0.15) is 233 Å². The molecule has 3 unspecified atom stereocenters. The van der Waals surface area contributed by atoms with Crippen molar-refractivity contribution >= 4 is 11.9 Å². The van der Waals surface area contributed by atoms with Crippen molar-refractivity contribution < 1.29 is 24.5 Å². The lowest BCUT2D eigenvalue weighted by molar-refractivity contribution is -0.150. The van der Waals surface area contributed by atoms with E-state index in [1.165, 1.54) is 103 Å². The molecule has 3 atom stereocenters. The van der Waals surface area contributed by atoms with Gasteiger partial charge in [0.1, 0.15) is 6.10 Å². The minimum Gasteiger partial charge on any atom is -0.461 e. The summed E-state index contributed by atoms with van der Waals surface area (Å²) in [4.78, 5) is 26.1. The van der Waals surface area contributed by atoms with E-state index in [0.717, 1.165) is 83.5 Å². The molecular weight excluding hydrogens is 767 g/mol. The van der Waals surface area contributed by atoms with Crippen LogP contribution in [-0.2, 0) is 14.3 Å². The first-order valence-electron chi connectivity index (χ1n) is 25.8. The van der Waals surface area contributed by atoms with Gasteiger partial charge in [0.05, 0.1) is 25.2 Å². The topological polar surface area (TPSA) is 95.9 Å². The first-order valence-corrected chi connectivity index (χ1v) is 25.8. The second-order valence-corrected chi connectivity index (χ2v) is 17.3. The molecule has 0 heterocycles. The Bertz CT molecular complexity index is 1200. The van der Waals surface area contributed by atoms with Crippen molar-refractivity contribution in [1.29, 1.82) is 0 Å². The molecule has 0 saturated carbocycles. The zero-order valence-electron chi connectivity index (χ0n) is 40.5. The lowest BCUT2D eigenvalue weighted by Crippen LogP contribution is -2.46. The lowest BCUT2D eigenvalue weighted by Gasteiger charge is -2.24. The van der Waals surface area contributed by atoms with Gasteiger partial charge in [-0.1, -0.05) is 234 Å². The standard InChI is InChI=1S/C56H97NO5/c1-4-7-10-13-16-19-22-25-27-30-32-35-38-41-44-47-52(62-56(61)49-46-43-40-37-34-29-24-21-18-15-12-9-6-3)50-55(60)57-53(51-58)54(59)48-45-42-39-36-33-31-28-26-23-20-17-14-11-8-5-2/h9,12,15-16,18-19,21,24-25,27,32,35,41,44,52-54,58-59H,4-8,10-11,13-14,17,20,22-23,26,28-31,33-34,36-40,42-43,45-51H2,1-3H3,(H,57,60)/b12-9+,18-15+,19-16-,24-21-,27-25-,35-32-,44-41-. The zero-order valence-corrected chi connectivity index (χ0v) is 40.5. The molecule has 0 aromatic heterocycles. The highest BCUT2D eigenvalue weighted by Gasteiger charge is 2.23. The molecule has 0 bridgehead atoms. The maximum atomic E-state index is 13.2. The summed E-state index contributed by atoms with van der Waals surface area (Å²) in [6.07, 6.45) is 63.7. The summed E-state index contributed by atoms with van der Waals surface area (Å²) in [5, 5.41) is 23.7. The molecule has 356 valence electrons. The number of rotatable bonds is 45. The second kappa shape index (κ2) is 49.1. The van der Waals surface area contributed by atoms with E-state index in [4.69, 9.17) is 4.74 Å². The third-order valence-corrected chi connectivity index (χ3v) is 11.3. The molecule has 0 radical (unpaired) electrons. The Kier molecular flexibility index (Phi) is 46.7. The number of carbonyl (C=O) groups is 2. The summed E-state index contributed by atoms with van der Waals surface area (Å²) in [5.74, 6) is -0.604. The van der Waals surface area contributed by atoms with Gasteiger partial charge in [-0.2, -0.15) is 0 Å². The Morgan fingerprint density at radius 2 is 0.968 bits per heavy atom. The Morgan fingerprint density at radius 1 is 0.516 bits per heavy atom. The maximum absolute atomic E-state index is 13.2. The molecule has 6 heteroatoms. The summed E-state index contributed by atoms with van der Waals surface area (Å²) in [7, 11) is 0. The molecule has 0 aliphatic carbocycles. The molecule has 6 nitrogen and oxygen atoms in total. The predicted octanol–water partition coefficient (Wildman–Crippen LogP) is 15.6. The number of esters is 1. The van der Waals surface area contributed by atoms with Gasteiger partial charge in [-0.05, 0) is 64.2 Å². The fraction of sp³-hybridized carbons (Fsp3) is 0.714. The van der Waals surface area contributed by atoms with E-state index in [9.17, 15) is 19.8 Å². The second-order valence-electron chi connectivity index (χ2n) is 17.3. The van der Waals surface area contributed by atoms with Crippen LogP contribution in [0.4, 0.5) is 0 Å². The van der Waals surface area contributed by atoms with Gasteiger partial charge in [-0.3, -0.25) is 9.59 Å². The van der Waals surface area contributed by atoms with Crippen molar-refractivity contribution in [2.24, 2.45) is 0 Å². The number of aliphatic hydroxyl groups is 2. The number of allylic oxidation sites excluding steroid dienone is 13. The van der Waals surface area contributed by atoms with Crippen LogP contribution < -0.4 is 5.32 Å². The molecule has 0 fully saturated rings. The van der Waals surface area contributed by atoms with Crippen molar-refractivity contribution in [2.45, 2.75) is 251 Å². The van der Waals surface area contributed by atoms with Gasteiger partial charge < -0.3 is 20.3 Å². The number of unbranched alkanes of at least 4 members (excludes halogenated alkanes) is 22. The van der Waals surface area contributed by atoms with Gasteiger partial charge in [-0.25, -0.2) is 0 Å². The van der Waals surface area contributed by atoms with Gasteiger partial charge in [0, 0.05) is 12.8 Å². The third kappa shape index (κ3) is 43.7. The van der Waals surface area contributed by atoms with E-state index in [1.54, 1.807) is 0 Å². The molecule has 1 amide bonds. The number of amides is 1. The Morgan fingerprint density at radius 3 is 1.53 bits per heavy atom. The van der Waals surface area contributed by atoms with Crippen molar-refractivity contribution in [1.82, 2.24) is 5.32 Å². The van der Waals surface area contributed by atoms with E-state index in [1.807, 2.05) is 12.2 Å².